The Bertz CT molecular complexity index is 1700. The molecular weight excluding hydrogens is 491 g/mol. The number of fused-ring (bicyclic) bond motifs is 1. The van der Waals surface area contributed by atoms with E-state index in [2.05, 4.69) is 24.9 Å². The molecule has 3 heterocycles. The summed E-state index contributed by atoms with van der Waals surface area (Å²) >= 11 is 0. The lowest BCUT2D eigenvalue weighted by molar-refractivity contribution is -0.140. The third-order valence-electron chi connectivity index (χ3n) is 6.75. The van der Waals surface area contributed by atoms with Crippen LogP contribution >= 0.6 is 0 Å². The maximum atomic E-state index is 13.1. The quantitative estimate of drug-likeness (QED) is 0.318. The van der Waals surface area contributed by atoms with Crippen molar-refractivity contribution in [3.8, 4) is 22.8 Å². The molecule has 0 saturated heterocycles. The molecule has 0 radical (unpaired) electrons. The van der Waals surface area contributed by atoms with E-state index in [0.717, 1.165) is 34.1 Å². The maximum absolute atomic E-state index is 13.1. The van der Waals surface area contributed by atoms with Crippen LogP contribution in [0.5, 0.6) is 0 Å². The second kappa shape index (κ2) is 9.27. The first kappa shape index (κ1) is 25.4. The average Bonchev–Trinajstić information content (AvgIpc) is 3.38. The van der Waals surface area contributed by atoms with E-state index in [-0.39, 0.29) is 11.4 Å². The van der Waals surface area contributed by atoms with Gasteiger partial charge in [-0.25, -0.2) is 15.0 Å². The third-order valence-corrected chi connectivity index (χ3v) is 6.75. The molecule has 0 aliphatic rings. The highest BCUT2D eigenvalue weighted by Gasteiger charge is 2.34. The fourth-order valence-corrected chi connectivity index (χ4v) is 4.81. The number of halogens is 3. The number of alkyl halides is 3. The van der Waals surface area contributed by atoms with Crippen LogP contribution in [0, 0.1) is 12.3 Å². The zero-order valence-corrected chi connectivity index (χ0v) is 21.8. The van der Waals surface area contributed by atoms with Gasteiger partial charge in [-0.05, 0) is 24.0 Å². The fourth-order valence-electron chi connectivity index (χ4n) is 4.81. The molecule has 0 fully saturated rings. The van der Waals surface area contributed by atoms with Crippen LogP contribution in [0.1, 0.15) is 42.3 Å². The number of hydrogen-bond donors (Lipinski definition) is 1. The third kappa shape index (κ3) is 4.40. The van der Waals surface area contributed by atoms with E-state index in [1.165, 1.54) is 4.57 Å². The smallest absolute Gasteiger partial charge is 0.333 e. The molecule has 5 rings (SSSR count). The van der Waals surface area contributed by atoms with Crippen LogP contribution in [0.15, 0.2) is 54.7 Å². The second-order valence-electron chi connectivity index (χ2n) is 9.77. The molecule has 10 heteroatoms. The molecule has 5 aromatic rings. The Kier molecular flexibility index (Phi) is 6.21. The van der Waals surface area contributed by atoms with Crippen molar-refractivity contribution in [2.75, 3.05) is 0 Å². The van der Waals surface area contributed by atoms with Crippen molar-refractivity contribution in [3.63, 3.8) is 0 Å². The molecular formula is C28H28F3N7. The molecule has 0 amide bonds. The normalized spacial score (nSPS) is 12.1. The molecule has 0 aliphatic heterocycles. The van der Waals surface area contributed by atoms with E-state index >= 15 is 0 Å². The van der Waals surface area contributed by atoms with Crippen molar-refractivity contribution >= 4 is 11.2 Å². The van der Waals surface area contributed by atoms with E-state index < -0.39 is 11.9 Å². The number of rotatable bonds is 5. The number of aryl methyl sites for hydroxylation is 3. The highest BCUT2D eigenvalue weighted by Crippen LogP contribution is 2.31. The van der Waals surface area contributed by atoms with Crippen molar-refractivity contribution in [3.05, 3.63) is 82.9 Å². The lowest BCUT2D eigenvalue weighted by atomic mass is 9.97. The van der Waals surface area contributed by atoms with Gasteiger partial charge in [-0.2, -0.15) is 13.2 Å². The van der Waals surface area contributed by atoms with E-state index in [1.807, 2.05) is 48.9 Å². The second-order valence-corrected chi connectivity index (χ2v) is 9.77. The summed E-state index contributed by atoms with van der Waals surface area (Å²) in [5.41, 5.74) is 5.14. The van der Waals surface area contributed by atoms with Crippen LogP contribution in [-0.4, -0.2) is 28.7 Å². The van der Waals surface area contributed by atoms with Crippen molar-refractivity contribution in [2.24, 2.45) is 14.1 Å². The zero-order valence-electron chi connectivity index (χ0n) is 21.8. The number of nitrogens with zero attached hydrogens (tertiary/aromatic N) is 6. The molecule has 3 aromatic heterocycles. The van der Waals surface area contributed by atoms with E-state index in [1.54, 1.807) is 23.7 Å². The van der Waals surface area contributed by atoms with Gasteiger partial charge < -0.3 is 9.13 Å². The summed E-state index contributed by atoms with van der Waals surface area (Å²) in [5.74, 6) is 1.15. The lowest BCUT2D eigenvalue weighted by Gasteiger charge is -2.13. The Balaban J connectivity index is 1.55. The summed E-state index contributed by atoms with van der Waals surface area (Å²) in [5, 5.41) is 8.76. The molecule has 0 aliphatic carbocycles. The summed E-state index contributed by atoms with van der Waals surface area (Å²) in [6.07, 6.45) is -3.52. The first-order valence-electron chi connectivity index (χ1n) is 12.2. The minimum atomic E-state index is -4.50. The van der Waals surface area contributed by atoms with Crippen LogP contribution in [0.2, 0.25) is 0 Å². The van der Waals surface area contributed by atoms with Gasteiger partial charge in [-0.1, -0.05) is 62.4 Å². The van der Waals surface area contributed by atoms with Crippen LogP contribution in [0.3, 0.4) is 0 Å². The molecule has 7 nitrogen and oxygen atoms in total. The van der Waals surface area contributed by atoms with Gasteiger partial charge in [-0.15, -0.1) is 0 Å². The number of hydrogen-bond acceptors (Lipinski definition) is 4. The number of benzene rings is 2. The highest BCUT2D eigenvalue weighted by molar-refractivity contribution is 5.77. The summed E-state index contributed by atoms with van der Waals surface area (Å²) < 4.78 is 44.2. The average molecular weight is 520 g/mol. The zero-order chi connectivity index (χ0) is 27.4. The van der Waals surface area contributed by atoms with E-state index in [9.17, 15) is 13.2 Å². The molecule has 0 spiro atoms. The Labute approximate surface area is 217 Å². The van der Waals surface area contributed by atoms with Gasteiger partial charge in [0, 0.05) is 31.4 Å². The predicted octanol–water partition coefficient (Wildman–Crippen LogP) is 5.82. The lowest BCUT2D eigenvalue weighted by Crippen LogP contribution is -2.23. The molecule has 2 aromatic carbocycles. The number of imidazole rings is 2. The van der Waals surface area contributed by atoms with Gasteiger partial charge in [0.2, 0.25) is 5.62 Å². The topological polar surface area (TPSA) is 77.3 Å². The largest absolute Gasteiger partial charge is 0.434 e. The number of nitrogens with one attached hydrogen (secondary N) is 1. The molecule has 1 N–H and O–H groups in total. The van der Waals surface area contributed by atoms with E-state index in [4.69, 9.17) is 15.4 Å². The van der Waals surface area contributed by atoms with Crippen LogP contribution < -0.4 is 5.62 Å². The Morgan fingerprint density at radius 2 is 1.63 bits per heavy atom. The molecule has 0 atom stereocenters. The van der Waals surface area contributed by atoms with Crippen molar-refractivity contribution in [1.82, 2.24) is 28.7 Å². The van der Waals surface area contributed by atoms with Crippen molar-refractivity contribution in [1.29, 1.82) is 5.41 Å². The van der Waals surface area contributed by atoms with E-state index in [0.29, 0.717) is 29.5 Å². The van der Waals surface area contributed by atoms with Gasteiger partial charge in [0.05, 0.1) is 12.2 Å². The van der Waals surface area contributed by atoms with Crippen molar-refractivity contribution < 1.29 is 13.2 Å². The first-order chi connectivity index (χ1) is 18.0. The highest BCUT2D eigenvalue weighted by atomic mass is 19.4. The molecule has 0 saturated carbocycles. The molecule has 38 heavy (non-hydrogen) atoms. The monoisotopic (exact) mass is 519 g/mol. The van der Waals surface area contributed by atoms with Crippen molar-refractivity contribution in [2.45, 2.75) is 39.4 Å². The molecule has 0 unspecified atom stereocenters. The Morgan fingerprint density at radius 3 is 2.26 bits per heavy atom. The van der Waals surface area contributed by atoms with Gasteiger partial charge >= 0.3 is 6.18 Å². The van der Waals surface area contributed by atoms with Gasteiger partial charge in [-0.3, -0.25) is 9.98 Å². The summed E-state index contributed by atoms with van der Waals surface area (Å²) in [7, 11) is 3.36. The van der Waals surface area contributed by atoms with Gasteiger partial charge in [0.15, 0.2) is 17.2 Å². The standard InChI is InChI=1S/C28H28F3N7/c1-16(2)20-8-6-7-9-21(20)24-33-17(3)23-26(35-24)38(27(32)37(23)5)14-18-10-12-19(13-11-18)25-34-22(15-36(25)4)28(29,30)31/h6-13,15-16,32H,14H2,1-5H3. The Hall–Kier alpha value is -4.21. The van der Waals surface area contributed by atoms with Gasteiger partial charge in [0.25, 0.3) is 0 Å². The molecule has 0 bridgehead atoms. The maximum Gasteiger partial charge on any atom is 0.434 e. The Morgan fingerprint density at radius 1 is 0.947 bits per heavy atom. The minimum Gasteiger partial charge on any atom is -0.333 e. The van der Waals surface area contributed by atoms with Gasteiger partial charge in [0.1, 0.15) is 11.3 Å². The summed E-state index contributed by atoms with van der Waals surface area (Å²) in [4.78, 5) is 13.5. The van der Waals surface area contributed by atoms with Crippen LogP contribution in [0.25, 0.3) is 33.9 Å². The van der Waals surface area contributed by atoms with Crippen LogP contribution in [-0.2, 0) is 26.8 Å². The summed E-state index contributed by atoms with van der Waals surface area (Å²) in [6.45, 7) is 6.55. The molecule has 196 valence electrons. The minimum absolute atomic E-state index is 0.236. The summed E-state index contributed by atoms with van der Waals surface area (Å²) in [6, 6.07) is 15.3. The number of aromatic nitrogens is 6. The first-order valence-corrected chi connectivity index (χ1v) is 12.2. The SMILES string of the molecule is Cc1nc(-c2ccccc2C(C)C)nc2c1n(C)c(=N)n2Cc1ccc(-c2nc(C(F)(F)F)cn2C)cc1. The fraction of sp³-hybridized carbons (Fsp3) is 0.286. The predicted molar refractivity (Wildman–Crippen MR) is 139 cm³/mol. The van der Waals surface area contributed by atoms with Crippen LogP contribution in [0.4, 0.5) is 13.2 Å².